The maximum absolute atomic E-state index is 12.3. The Hall–Kier alpha value is -2.12. The molecule has 2 aliphatic rings. The largest absolute Gasteiger partial charge is 0.454 e. The number of hydrogen-bond donors (Lipinski definition) is 2. The van der Waals surface area contributed by atoms with Gasteiger partial charge in [-0.25, -0.2) is 4.98 Å². The molecule has 3 heterocycles. The zero-order valence-electron chi connectivity index (χ0n) is 13.9. The van der Waals surface area contributed by atoms with Crippen LogP contribution in [0.2, 0.25) is 0 Å². The van der Waals surface area contributed by atoms with E-state index in [0.29, 0.717) is 6.42 Å². The summed E-state index contributed by atoms with van der Waals surface area (Å²) >= 11 is 1.54. The molecule has 2 aliphatic heterocycles. The van der Waals surface area contributed by atoms with Gasteiger partial charge in [0.1, 0.15) is 5.01 Å². The third-order valence-corrected chi connectivity index (χ3v) is 5.39. The molecule has 2 aromatic rings. The summed E-state index contributed by atoms with van der Waals surface area (Å²) in [5.41, 5.74) is 1.79. The van der Waals surface area contributed by atoms with Crippen LogP contribution in [0.5, 0.6) is 11.5 Å². The number of benzene rings is 1. The molecule has 1 amide bonds. The fourth-order valence-corrected chi connectivity index (χ4v) is 3.97. The Kier molecular flexibility index (Phi) is 4.85. The summed E-state index contributed by atoms with van der Waals surface area (Å²) in [5, 5.41) is 9.34. The van der Waals surface area contributed by atoms with E-state index in [1.807, 2.05) is 23.6 Å². The molecule has 7 heteroatoms. The van der Waals surface area contributed by atoms with Crippen LogP contribution in [0, 0.1) is 0 Å². The van der Waals surface area contributed by atoms with Gasteiger partial charge in [-0.2, -0.15) is 0 Å². The number of rotatable bonds is 4. The molecule has 2 N–H and O–H groups in total. The second kappa shape index (κ2) is 7.41. The molecule has 1 aromatic heterocycles. The summed E-state index contributed by atoms with van der Waals surface area (Å²) in [6.45, 7) is 2.27. The van der Waals surface area contributed by atoms with E-state index in [0.717, 1.165) is 60.1 Å². The van der Waals surface area contributed by atoms with Gasteiger partial charge in [0.15, 0.2) is 11.5 Å². The van der Waals surface area contributed by atoms with Gasteiger partial charge < -0.3 is 20.1 Å². The third-order valence-electron chi connectivity index (χ3n) is 4.45. The number of thiazole rings is 1. The highest BCUT2D eigenvalue weighted by Crippen LogP contribution is 2.36. The first kappa shape index (κ1) is 16.4. The summed E-state index contributed by atoms with van der Waals surface area (Å²) in [6, 6.07) is 6.07. The van der Waals surface area contributed by atoms with E-state index in [1.54, 1.807) is 11.3 Å². The lowest BCUT2D eigenvalue weighted by atomic mass is 10.1. The SMILES string of the molecule is O=C(Cc1csc(-c2ccc3c(c2)OCO3)n1)NC1CCCNCC1. The molecule has 0 radical (unpaired) electrons. The molecule has 0 spiro atoms. The van der Waals surface area contributed by atoms with Crippen LogP contribution in [-0.2, 0) is 11.2 Å². The second-order valence-corrected chi connectivity index (χ2v) is 7.19. The van der Waals surface area contributed by atoms with Crippen molar-refractivity contribution in [2.45, 2.75) is 31.7 Å². The molecule has 1 unspecified atom stereocenters. The molecule has 6 nitrogen and oxygen atoms in total. The monoisotopic (exact) mass is 359 g/mol. The van der Waals surface area contributed by atoms with Gasteiger partial charge in [-0.3, -0.25) is 4.79 Å². The van der Waals surface area contributed by atoms with E-state index >= 15 is 0 Å². The molecular formula is C18H21N3O3S. The van der Waals surface area contributed by atoms with E-state index in [1.165, 1.54) is 0 Å². The number of aromatic nitrogens is 1. The van der Waals surface area contributed by atoms with Gasteiger partial charge >= 0.3 is 0 Å². The van der Waals surface area contributed by atoms with Crippen LogP contribution in [0.15, 0.2) is 23.6 Å². The second-order valence-electron chi connectivity index (χ2n) is 6.33. The average Bonchev–Trinajstić information content (AvgIpc) is 3.19. The Labute approximate surface area is 150 Å². The summed E-state index contributed by atoms with van der Waals surface area (Å²) in [6.07, 6.45) is 3.46. The molecule has 1 atom stereocenters. The first-order valence-corrected chi connectivity index (χ1v) is 9.50. The van der Waals surface area contributed by atoms with Crippen LogP contribution in [0.1, 0.15) is 25.0 Å². The van der Waals surface area contributed by atoms with E-state index in [4.69, 9.17) is 9.47 Å². The highest BCUT2D eigenvalue weighted by Gasteiger charge is 2.17. The maximum Gasteiger partial charge on any atom is 0.231 e. The Balaban J connectivity index is 1.38. The number of carbonyl (C=O) groups excluding carboxylic acids is 1. The standard InChI is InChI=1S/C18H21N3O3S/c22-17(20-13-2-1-6-19-7-5-13)9-14-10-25-18(21-14)12-3-4-15-16(8-12)24-11-23-15/h3-4,8,10,13,19H,1-2,5-7,9,11H2,(H,20,22). The maximum atomic E-state index is 12.3. The zero-order chi connectivity index (χ0) is 17.1. The Bertz CT molecular complexity index is 754. The first-order chi connectivity index (χ1) is 12.3. The summed E-state index contributed by atoms with van der Waals surface area (Å²) in [4.78, 5) is 16.9. The van der Waals surface area contributed by atoms with Crippen LogP contribution in [0.3, 0.4) is 0 Å². The molecule has 25 heavy (non-hydrogen) atoms. The molecule has 1 aromatic carbocycles. The molecule has 1 fully saturated rings. The van der Waals surface area contributed by atoms with E-state index in [9.17, 15) is 4.79 Å². The number of ether oxygens (including phenoxy) is 2. The van der Waals surface area contributed by atoms with Crippen molar-refractivity contribution in [1.29, 1.82) is 0 Å². The normalized spacial score (nSPS) is 19.4. The summed E-state index contributed by atoms with van der Waals surface area (Å²) in [7, 11) is 0. The van der Waals surface area contributed by atoms with Gasteiger partial charge in [-0.05, 0) is 50.6 Å². The van der Waals surface area contributed by atoms with Gasteiger partial charge in [-0.15, -0.1) is 11.3 Å². The van der Waals surface area contributed by atoms with Crippen LogP contribution in [0.4, 0.5) is 0 Å². The topological polar surface area (TPSA) is 72.5 Å². The van der Waals surface area contributed by atoms with Crippen LogP contribution in [0.25, 0.3) is 10.6 Å². The van der Waals surface area contributed by atoms with Gasteiger partial charge in [0.2, 0.25) is 12.7 Å². The molecular weight excluding hydrogens is 338 g/mol. The highest BCUT2D eigenvalue weighted by atomic mass is 32.1. The van der Waals surface area contributed by atoms with Crippen molar-refractivity contribution in [3.8, 4) is 22.1 Å². The van der Waals surface area contributed by atoms with E-state index < -0.39 is 0 Å². The van der Waals surface area contributed by atoms with Crippen LogP contribution >= 0.6 is 11.3 Å². The minimum absolute atomic E-state index is 0.0504. The molecule has 1 saturated heterocycles. The highest BCUT2D eigenvalue weighted by molar-refractivity contribution is 7.13. The average molecular weight is 359 g/mol. The van der Waals surface area contributed by atoms with Gasteiger partial charge in [0.25, 0.3) is 0 Å². The Morgan fingerprint density at radius 3 is 3.16 bits per heavy atom. The molecule has 4 rings (SSSR count). The molecule has 0 aliphatic carbocycles. The van der Waals surface area contributed by atoms with Crippen LogP contribution < -0.4 is 20.1 Å². The van der Waals surface area contributed by atoms with Crippen molar-refractivity contribution in [2.24, 2.45) is 0 Å². The van der Waals surface area contributed by atoms with Gasteiger partial charge in [-0.1, -0.05) is 0 Å². The Morgan fingerprint density at radius 2 is 2.20 bits per heavy atom. The lowest BCUT2D eigenvalue weighted by molar-refractivity contribution is -0.121. The van der Waals surface area contributed by atoms with E-state index in [-0.39, 0.29) is 18.7 Å². The first-order valence-electron chi connectivity index (χ1n) is 8.62. The number of carbonyl (C=O) groups is 1. The van der Waals surface area contributed by atoms with Crippen molar-refractivity contribution in [3.63, 3.8) is 0 Å². The Morgan fingerprint density at radius 1 is 1.28 bits per heavy atom. The molecule has 132 valence electrons. The lowest BCUT2D eigenvalue weighted by Crippen LogP contribution is -2.36. The fraction of sp³-hybridized carbons (Fsp3) is 0.444. The number of nitrogens with one attached hydrogen (secondary N) is 2. The lowest BCUT2D eigenvalue weighted by Gasteiger charge is -2.15. The van der Waals surface area contributed by atoms with Crippen molar-refractivity contribution in [3.05, 3.63) is 29.3 Å². The minimum atomic E-state index is 0.0504. The summed E-state index contributed by atoms with van der Waals surface area (Å²) < 4.78 is 10.7. The third kappa shape index (κ3) is 3.93. The minimum Gasteiger partial charge on any atom is -0.454 e. The summed E-state index contributed by atoms with van der Waals surface area (Å²) in [5.74, 6) is 1.56. The molecule has 0 bridgehead atoms. The van der Waals surface area contributed by atoms with Crippen molar-refractivity contribution in [2.75, 3.05) is 19.9 Å². The predicted molar refractivity (Wildman–Crippen MR) is 96.0 cm³/mol. The van der Waals surface area contributed by atoms with E-state index in [2.05, 4.69) is 15.6 Å². The number of amides is 1. The quantitative estimate of drug-likeness (QED) is 0.877. The van der Waals surface area contributed by atoms with Crippen molar-refractivity contribution < 1.29 is 14.3 Å². The fourth-order valence-electron chi connectivity index (χ4n) is 3.16. The van der Waals surface area contributed by atoms with Crippen LogP contribution in [-0.4, -0.2) is 36.8 Å². The number of hydrogen-bond acceptors (Lipinski definition) is 6. The zero-order valence-corrected chi connectivity index (χ0v) is 14.7. The predicted octanol–water partition coefficient (Wildman–Crippen LogP) is 2.34. The number of nitrogens with zero attached hydrogens (tertiary/aromatic N) is 1. The van der Waals surface area contributed by atoms with Gasteiger partial charge in [0, 0.05) is 17.0 Å². The van der Waals surface area contributed by atoms with Crippen molar-refractivity contribution in [1.82, 2.24) is 15.6 Å². The van der Waals surface area contributed by atoms with Crippen molar-refractivity contribution >= 4 is 17.2 Å². The smallest absolute Gasteiger partial charge is 0.231 e. The van der Waals surface area contributed by atoms with Gasteiger partial charge in [0.05, 0.1) is 12.1 Å². The number of fused-ring (bicyclic) bond motifs is 1. The molecule has 0 saturated carbocycles.